The first-order valence-corrected chi connectivity index (χ1v) is 8.27. The molecule has 0 saturated heterocycles. The highest BCUT2D eigenvalue weighted by Crippen LogP contribution is 2.26. The number of hydrogen-bond donors (Lipinski definition) is 3. The largest absolute Gasteiger partial charge is 0.345 e. The fourth-order valence-electron chi connectivity index (χ4n) is 3.31. The predicted molar refractivity (Wildman–Crippen MR) is 92.3 cm³/mol. The SMILES string of the molecule is Cc1cc(C)c(NC(=O)CNC(=O)C2(N)CCCCC2)c(C)c1. The Bertz CT molecular complexity index is 581. The Balaban J connectivity index is 1.92. The molecule has 1 aromatic rings. The van der Waals surface area contributed by atoms with Gasteiger partial charge in [-0.2, -0.15) is 0 Å². The normalized spacial score (nSPS) is 16.7. The zero-order chi connectivity index (χ0) is 17.0. The van der Waals surface area contributed by atoms with Gasteiger partial charge in [-0.25, -0.2) is 0 Å². The molecule has 126 valence electrons. The fraction of sp³-hybridized carbons (Fsp3) is 0.556. The standard InChI is InChI=1S/C18H27N3O2/c1-12-9-13(2)16(14(3)10-12)21-15(22)11-20-17(23)18(19)7-5-4-6-8-18/h9-10H,4-8,11,19H2,1-3H3,(H,20,23)(H,21,22). The van der Waals surface area contributed by atoms with Gasteiger partial charge in [0.2, 0.25) is 11.8 Å². The number of carbonyl (C=O) groups excluding carboxylic acids is 2. The van der Waals surface area contributed by atoms with Gasteiger partial charge in [0.1, 0.15) is 0 Å². The summed E-state index contributed by atoms with van der Waals surface area (Å²) in [5.41, 5.74) is 9.36. The average Bonchev–Trinajstić information content (AvgIpc) is 2.49. The van der Waals surface area contributed by atoms with E-state index in [1.807, 2.05) is 32.9 Å². The molecule has 0 atom stereocenters. The van der Waals surface area contributed by atoms with E-state index in [0.717, 1.165) is 41.6 Å². The molecule has 0 spiro atoms. The van der Waals surface area contributed by atoms with E-state index in [1.165, 1.54) is 0 Å². The molecular formula is C18H27N3O2. The minimum Gasteiger partial charge on any atom is -0.345 e. The molecule has 1 fully saturated rings. The monoisotopic (exact) mass is 317 g/mol. The molecule has 5 heteroatoms. The highest BCUT2D eigenvalue weighted by atomic mass is 16.2. The third-order valence-electron chi connectivity index (χ3n) is 4.55. The number of nitrogens with two attached hydrogens (primary N) is 1. The van der Waals surface area contributed by atoms with Crippen molar-refractivity contribution in [1.29, 1.82) is 0 Å². The number of amides is 2. The lowest BCUT2D eigenvalue weighted by molar-refractivity contribution is -0.129. The van der Waals surface area contributed by atoms with Crippen LogP contribution in [0.2, 0.25) is 0 Å². The van der Waals surface area contributed by atoms with Crippen molar-refractivity contribution in [3.8, 4) is 0 Å². The zero-order valence-electron chi connectivity index (χ0n) is 14.3. The number of benzene rings is 1. The molecule has 0 bridgehead atoms. The molecule has 2 amide bonds. The van der Waals surface area contributed by atoms with Gasteiger partial charge in [0.15, 0.2) is 0 Å². The minimum atomic E-state index is -0.811. The topological polar surface area (TPSA) is 84.2 Å². The average molecular weight is 317 g/mol. The van der Waals surface area contributed by atoms with Gasteiger partial charge >= 0.3 is 0 Å². The zero-order valence-corrected chi connectivity index (χ0v) is 14.3. The van der Waals surface area contributed by atoms with Crippen molar-refractivity contribution < 1.29 is 9.59 Å². The molecule has 1 saturated carbocycles. The first kappa shape index (κ1) is 17.5. The summed E-state index contributed by atoms with van der Waals surface area (Å²) in [5, 5.41) is 5.57. The molecule has 23 heavy (non-hydrogen) atoms. The van der Waals surface area contributed by atoms with Crippen molar-refractivity contribution in [3.63, 3.8) is 0 Å². The van der Waals surface area contributed by atoms with Gasteiger partial charge in [-0.05, 0) is 44.7 Å². The van der Waals surface area contributed by atoms with Crippen LogP contribution in [0.3, 0.4) is 0 Å². The van der Waals surface area contributed by atoms with Crippen LogP contribution in [0.4, 0.5) is 5.69 Å². The van der Waals surface area contributed by atoms with E-state index in [2.05, 4.69) is 10.6 Å². The van der Waals surface area contributed by atoms with Crippen LogP contribution in [0.1, 0.15) is 48.8 Å². The maximum atomic E-state index is 12.2. The number of carbonyl (C=O) groups is 2. The molecule has 0 unspecified atom stereocenters. The smallest absolute Gasteiger partial charge is 0.243 e. The molecule has 2 rings (SSSR count). The van der Waals surface area contributed by atoms with E-state index >= 15 is 0 Å². The lowest BCUT2D eigenvalue weighted by atomic mass is 9.82. The molecule has 0 radical (unpaired) electrons. The van der Waals surface area contributed by atoms with Crippen molar-refractivity contribution in [1.82, 2.24) is 5.32 Å². The van der Waals surface area contributed by atoms with Crippen molar-refractivity contribution in [2.24, 2.45) is 5.73 Å². The summed E-state index contributed by atoms with van der Waals surface area (Å²) in [5.74, 6) is -0.447. The Labute approximate surface area is 138 Å². The highest BCUT2D eigenvalue weighted by molar-refractivity contribution is 5.97. The molecule has 1 aromatic carbocycles. The number of hydrogen-bond acceptors (Lipinski definition) is 3. The lowest BCUT2D eigenvalue weighted by Gasteiger charge is -2.31. The molecule has 5 nitrogen and oxygen atoms in total. The summed E-state index contributed by atoms with van der Waals surface area (Å²) in [6.45, 7) is 5.90. The Morgan fingerprint density at radius 3 is 2.22 bits per heavy atom. The maximum absolute atomic E-state index is 12.2. The van der Waals surface area contributed by atoms with E-state index in [0.29, 0.717) is 12.8 Å². The van der Waals surface area contributed by atoms with Gasteiger partial charge in [0.25, 0.3) is 0 Å². The van der Waals surface area contributed by atoms with Crippen molar-refractivity contribution in [2.45, 2.75) is 58.4 Å². The molecule has 0 aromatic heterocycles. The van der Waals surface area contributed by atoms with Gasteiger partial charge in [-0.3, -0.25) is 9.59 Å². The molecule has 4 N–H and O–H groups in total. The number of rotatable bonds is 4. The van der Waals surface area contributed by atoms with Crippen LogP contribution in [0.25, 0.3) is 0 Å². The Morgan fingerprint density at radius 2 is 1.65 bits per heavy atom. The maximum Gasteiger partial charge on any atom is 0.243 e. The molecule has 1 aliphatic carbocycles. The summed E-state index contributed by atoms with van der Waals surface area (Å²) in [7, 11) is 0. The highest BCUT2D eigenvalue weighted by Gasteiger charge is 2.35. The van der Waals surface area contributed by atoms with Gasteiger partial charge in [-0.1, -0.05) is 37.0 Å². The molecule has 0 heterocycles. The molecular weight excluding hydrogens is 290 g/mol. The first-order valence-electron chi connectivity index (χ1n) is 8.27. The van der Waals surface area contributed by atoms with E-state index in [4.69, 9.17) is 5.73 Å². The first-order chi connectivity index (χ1) is 10.8. The van der Waals surface area contributed by atoms with Gasteiger partial charge in [-0.15, -0.1) is 0 Å². The van der Waals surface area contributed by atoms with Gasteiger partial charge in [0.05, 0.1) is 12.1 Å². The summed E-state index contributed by atoms with van der Waals surface area (Å²) in [6, 6.07) is 4.05. The van der Waals surface area contributed by atoms with Gasteiger partial charge < -0.3 is 16.4 Å². The Morgan fingerprint density at radius 1 is 1.09 bits per heavy atom. The predicted octanol–water partition coefficient (Wildman–Crippen LogP) is 2.33. The second kappa shape index (κ2) is 7.13. The van der Waals surface area contributed by atoms with Crippen LogP contribution < -0.4 is 16.4 Å². The summed E-state index contributed by atoms with van der Waals surface area (Å²) >= 11 is 0. The Kier molecular flexibility index (Phi) is 5.42. The van der Waals surface area contributed by atoms with Crippen LogP contribution >= 0.6 is 0 Å². The third kappa shape index (κ3) is 4.32. The number of nitrogens with one attached hydrogen (secondary N) is 2. The fourth-order valence-corrected chi connectivity index (χ4v) is 3.31. The van der Waals surface area contributed by atoms with E-state index in [9.17, 15) is 9.59 Å². The van der Waals surface area contributed by atoms with Crippen LogP contribution in [0.15, 0.2) is 12.1 Å². The van der Waals surface area contributed by atoms with Crippen LogP contribution in [-0.4, -0.2) is 23.9 Å². The lowest BCUT2D eigenvalue weighted by Crippen LogP contribution is -2.56. The van der Waals surface area contributed by atoms with Gasteiger partial charge in [0, 0.05) is 5.69 Å². The summed E-state index contributed by atoms with van der Waals surface area (Å²) < 4.78 is 0. The van der Waals surface area contributed by atoms with Crippen LogP contribution in [0, 0.1) is 20.8 Å². The molecule has 1 aliphatic rings. The summed E-state index contributed by atoms with van der Waals surface area (Å²) in [6.07, 6.45) is 4.45. The Hall–Kier alpha value is -1.88. The van der Waals surface area contributed by atoms with E-state index in [-0.39, 0.29) is 18.4 Å². The quantitative estimate of drug-likeness (QED) is 0.797. The second-order valence-corrected chi connectivity index (χ2v) is 6.72. The van der Waals surface area contributed by atoms with Crippen molar-refractivity contribution >= 4 is 17.5 Å². The number of aryl methyl sites for hydroxylation is 3. The van der Waals surface area contributed by atoms with E-state index in [1.54, 1.807) is 0 Å². The second-order valence-electron chi connectivity index (χ2n) is 6.72. The third-order valence-corrected chi connectivity index (χ3v) is 4.55. The minimum absolute atomic E-state index is 0.0511. The van der Waals surface area contributed by atoms with E-state index < -0.39 is 5.54 Å². The van der Waals surface area contributed by atoms with Crippen molar-refractivity contribution in [2.75, 3.05) is 11.9 Å². The summed E-state index contributed by atoms with van der Waals surface area (Å²) in [4.78, 5) is 24.4. The van der Waals surface area contributed by atoms with Crippen LogP contribution in [0.5, 0.6) is 0 Å². The van der Waals surface area contributed by atoms with Crippen LogP contribution in [-0.2, 0) is 9.59 Å². The molecule has 0 aliphatic heterocycles. The number of anilines is 1. The van der Waals surface area contributed by atoms with Crippen molar-refractivity contribution in [3.05, 3.63) is 28.8 Å².